The summed E-state index contributed by atoms with van der Waals surface area (Å²) in [5.74, 6) is 0.714. The van der Waals surface area contributed by atoms with E-state index in [1.165, 1.54) is 0 Å². The molecule has 3 N–H and O–H groups in total. The van der Waals surface area contributed by atoms with Crippen molar-refractivity contribution in [3.05, 3.63) is 5.82 Å². The number of hydrogen-bond acceptors (Lipinski definition) is 4. The average molecular weight is 183 g/mol. The number of tetrazole rings is 1. The van der Waals surface area contributed by atoms with Crippen LogP contribution in [0.15, 0.2) is 0 Å². The van der Waals surface area contributed by atoms with Gasteiger partial charge >= 0.3 is 0 Å². The molecule has 0 saturated heterocycles. The fourth-order valence-electron chi connectivity index (χ4n) is 1.67. The van der Waals surface area contributed by atoms with Gasteiger partial charge in [0.25, 0.3) is 0 Å². The lowest BCUT2D eigenvalue weighted by molar-refractivity contribution is 0.337. The van der Waals surface area contributed by atoms with Crippen molar-refractivity contribution in [3.8, 4) is 0 Å². The van der Waals surface area contributed by atoms with Gasteiger partial charge in [-0.2, -0.15) is 5.21 Å². The molecule has 1 aromatic heterocycles. The first-order valence-corrected chi connectivity index (χ1v) is 4.34. The highest BCUT2D eigenvalue weighted by molar-refractivity contribution is 5.02. The zero-order valence-corrected chi connectivity index (χ0v) is 8.63. The molecule has 0 aliphatic carbocycles. The van der Waals surface area contributed by atoms with Crippen LogP contribution in [-0.4, -0.2) is 26.2 Å². The summed E-state index contributed by atoms with van der Waals surface area (Å²) in [6, 6.07) is 0. The maximum atomic E-state index is 5.94. The average Bonchev–Trinajstić information content (AvgIpc) is 2.29. The number of rotatable bonds is 3. The molecule has 0 atom stereocenters. The second-order valence-corrected chi connectivity index (χ2v) is 4.78. The molecule has 0 radical (unpaired) electrons. The van der Waals surface area contributed by atoms with E-state index in [1.54, 1.807) is 0 Å². The molecule has 0 fully saturated rings. The first-order chi connectivity index (χ1) is 5.81. The molecular weight excluding hydrogens is 166 g/mol. The van der Waals surface area contributed by atoms with Crippen LogP contribution in [0.2, 0.25) is 0 Å². The maximum absolute atomic E-state index is 5.94. The molecule has 0 aliphatic heterocycles. The standard InChI is InChI=1S/C8H17N5/c1-7(2,5-8(3,4)9)6-10-12-13-11-6/h5,9H2,1-4H3,(H,10,11,12,13). The summed E-state index contributed by atoms with van der Waals surface area (Å²) >= 11 is 0. The lowest BCUT2D eigenvalue weighted by Gasteiger charge is -2.29. The van der Waals surface area contributed by atoms with Crippen molar-refractivity contribution in [1.29, 1.82) is 0 Å². The normalized spacial score (nSPS) is 13.3. The van der Waals surface area contributed by atoms with Crippen LogP contribution in [0.3, 0.4) is 0 Å². The molecule has 0 spiro atoms. The van der Waals surface area contributed by atoms with Crippen molar-refractivity contribution in [1.82, 2.24) is 20.6 Å². The highest BCUT2D eigenvalue weighted by atomic mass is 15.5. The molecule has 1 rings (SSSR count). The molecule has 0 unspecified atom stereocenters. The number of H-pyrrole nitrogens is 1. The lowest BCUT2D eigenvalue weighted by atomic mass is 9.80. The van der Waals surface area contributed by atoms with Gasteiger partial charge in [-0.05, 0) is 20.3 Å². The van der Waals surface area contributed by atoms with E-state index in [1.807, 2.05) is 13.8 Å². The third-order valence-electron chi connectivity index (χ3n) is 1.85. The van der Waals surface area contributed by atoms with E-state index < -0.39 is 0 Å². The van der Waals surface area contributed by atoms with E-state index in [0.717, 1.165) is 6.42 Å². The molecule has 0 bridgehead atoms. The van der Waals surface area contributed by atoms with Crippen molar-refractivity contribution < 1.29 is 0 Å². The highest BCUT2D eigenvalue weighted by Gasteiger charge is 2.30. The van der Waals surface area contributed by atoms with Crippen molar-refractivity contribution in [3.63, 3.8) is 0 Å². The second kappa shape index (κ2) is 3.06. The number of nitrogens with zero attached hydrogens (tertiary/aromatic N) is 3. The Balaban J connectivity index is 2.78. The summed E-state index contributed by atoms with van der Waals surface area (Å²) in [6.45, 7) is 8.11. The maximum Gasteiger partial charge on any atom is 0.180 e. The minimum Gasteiger partial charge on any atom is -0.326 e. The molecule has 1 heterocycles. The summed E-state index contributed by atoms with van der Waals surface area (Å²) < 4.78 is 0. The first kappa shape index (κ1) is 10.1. The van der Waals surface area contributed by atoms with Gasteiger partial charge in [0.15, 0.2) is 5.82 Å². The number of nitrogens with one attached hydrogen (secondary N) is 1. The molecule has 0 saturated carbocycles. The quantitative estimate of drug-likeness (QED) is 0.719. The minimum absolute atomic E-state index is 0.134. The van der Waals surface area contributed by atoms with Crippen LogP contribution in [0.25, 0.3) is 0 Å². The lowest BCUT2D eigenvalue weighted by Crippen LogP contribution is -2.39. The highest BCUT2D eigenvalue weighted by Crippen LogP contribution is 2.27. The van der Waals surface area contributed by atoms with Gasteiger partial charge in [0, 0.05) is 11.0 Å². The van der Waals surface area contributed by atoms with Crippen LogP contribution in [-0.2, 0) is 5.41 Å². The zero-order chi connectivity index (χ0) is 10.1. The van der Waals surface area contributed by atoms with Gasteiger partial charge in [-0.25, -0.2) is 0 Å². The molecule has 1 aromatic rings. The summed E-state index contributed by atoms with van der Waals surface area (Å²) in [6.07, 6.45) is 0.819. The molecule has 13 heavy (non-hydrogen) atoms. The largest absolute Gasteiger partial charge is 0.326 e. The molecular formula is C8H17N5. The van der Waals surface area contributed by atoms with Gasteiger partial charge in [0.1, 0.15) is 0 Å². The Morgan fingerprint density at radius 2 is 1.92 bits per heavy atom. The second-order valence-electron chi connectivity index (χ2n) is 4.78. The van der Waals surface area contributed by atoms with E-state index in [2.05, 4.69) is 34.5 Å². The number of nitrogens with two attached hydrogens (primary N) is 1. The third kappa shape index (κ3) is 2.77. The Hall–Kier alpha value is -0.970. The van der Waals surface area contributed by atoms with Crippen molar-refractivity contribution in [2.24, 2.45) is 5.73 Å². The van der Waals surface area contributed by atoms with E-state index in [0.29, 0.717) is 5.82 Å². The van der Waals surface area contributed by atoms with Gasteiger partial charge in [0.05, 0.1) is 0 Å². The third-order valence-corrected chi connectivity index (χ3v) is 1.85. The fraction of sp³-hybridized carbons (Fsp3) is 0.875. The van der Waals surface area contributed by atoms with E-state index in [9.17, 15) is 0 Å². The summed E-state index contributed by atoms with van der Waals surface area (Å²) in [5.41, 5.74) is 5.59. The molecule has 0 amide bonds. The number of aromatic nitrogens is 4. The molecule has 0 aliphatic rings. The Morgan fingerprint density at radius 1 is 1.31 bits per heavy atom. The summed E-state index contributed by atoms with van der Waals surface area (Å²) in [7, 11) is 0. The smallest absolute Gasteiger partial charge is 0.180 e. The number of hydrogen-bond donors (Lipinski definition) is 2. The predicted octanol–water partition coefficient (Wildman–Crippen LogP) is 0.605. The van der Waals surface area contributed by atoms with Gasteiger partial charge in [-0.1, -0.05) is 19.1 Å². The molecule has 0 aromatic carbocycles. The fourth-order valence-corrected chi connectivity index (χ4v) is 1.67. The molecule has 5 nitrogen and oxygen atoms in total. The van der Waals surface area contributed by atoms with E-state index in [4.69, 9.17) is 5.73 Å². The van der Waals surface area contributed by atoms with Crippen molar-refractivity contribution in [2.75, 3.05) is 0 Å². The Labute approximate surface area is 78.1 Å². The predicted molar refractivity (Wildman–Crippen MR) is 50.1 cm³/mol. The monoisotopic (exact) mass is 183 g/mol. The summed E-state index contributed by atoms with van der Waals surface area (Å²) in [4.78, 5) is 0. The Morgan fingerprint density at radius 3 is 2.31 bits per heavy atom. The summed E-state index contributed by atoms with van der Waals surface area (Å²) in [5, 5.41) is 13.9. The Bertz CT molecular complexity index is 257. The van der Waals surface area contributed by atoms with Gasteiger partial charge in [-0.15, -0.1) is 10.2 Å². The van der Waals surface area contributed by atoms with Crippen LogP contribution in [0, 0.1) is 0 Å². The first-order valence-electron chi connectivity index (χ1n) is 4.34. The van der Waals surface area contributed by atoms with Crippen molar-refractivity contribution >= 4 is 0 Å². The van der Waals surface area contributed by atoms with Gasteiger partial charge in [-0.3, -0.25) is 0 Å². The van der Waals surface area contributed by atoms with E-state index in [-0.39, 0.29) is 11.0 Å². The van der Waals surface area contributed by atoms with Gasteiger partial charge < -0.3 is 5.73 Å². The molecule has 74 valence electrons. The topological polar surface area (TPSA) is 80.5 Å². The van der Waals surface area contributed by atoms with Crippen LogP contribution in [0.4, 0.5) is 0 Å². The Kier molecular flexibility index (Phi) is 2.38. The zero-order valence-electron chi connectivity index (χ0n) is 8.63. The van der Waals surface area contributed by atoms with Crippen LogP contribution >= 0.6 is 0 Å². The molecule has 5 heteroatoms. The minimum atomic E-state index is -0.218. The van der Waals surface area contributed by atoms with Gasteiger partial charge in [0.2, 0.25) is 0 Å². The number of aromatic amines is 1. The van der Waals surface area contributed by atoms with Crippen LogP contribution in [0.1, 0.15) is 39.9 Å². The van der Waals surface area contributed by atoms with Crippen LogP contribution < -0.4 is 5.73 Å². The van der Waals surface area contributed by atoms with Crippen LogP contribution in [0.5, 0.6) is 0 Å². The SMILES string of the molecule is CC(C)(N)CC(C)(C)c1nn[nH]n1. The van der Waals surface area contributed by atoms with Crippen molar-refractivity contribution in [2.45, 2.75) is 45.1 Å². The van der Waals surface area contributed by atoms with E-state index >= 15 is 0 Å².